The Morgan fingerprint density at radius 3 is 1.02 bits per heavy atom. The summed E-state index contributed by atoms with van der Waals surface area (Å²) in [5.74, 6) is -58.9. The number of hydrogen-bond acceptors (Lipinski definition) is 2. The lowest BCUT2D eigenvalue weighted by Crippen LogP contribution is -2.74. The van der Waals surface area contributed by atoms with Crippen molar-refractivity contribution in [3.05, 3.63) is 0 Å². The quantitative estimate of drug-likeness (QED) is 0.0565. The van der Waals surface area contributed by atoms with Gasteiger partial charge in [-0.25, -0.2) is 0 Å². The van der Waals surface area contributed by atoms with E-state index in [1.165, 1.54) is 32.1 Å². The Balaban J connectivity index is 4.91. The summed E-state index contributed by atoms with van der Waals surface area (Å²) in [6.45, 7) is -1.06. The molecule has 0 aromatic rings. The molecule has 0 fully saturated rings. The predicted octanol–water partition coefficient (Wildman–Crippen LogP) is 11.8. The number of ether oxygens (including phenoxy) is 1. The van der Waals surface area contributed by atoms with Gasteiger partial charge in [-0.3, -0.25) is 4.79 Å². The normalized spacial score (nSPS) is 14.6. The van der Waals surface area contributed by atoms with Crippen LogP contribution in [-0.4, -0.2) is 60.2 Å². The largest absolute Gasteiger partial charge is 0.460 e. The number of carbonyl (C=O) groups excluding carboxylic acids is 1. The number of halogens is 17. The highest BCUT2D eigenvalue weighted by molar-refractivity contribution is 5.69. The third kappa shape index (κ3) is 10.1. The zero-order valence-electron chi connectivity index (χ0n) is 24.8. The van der Waals surface area contributed by atoms with Crippen LogP contribution in [0.1, 0.15) is 110 Å². The van der Waals surface area contributed by atoms with E-state index in [-0.39, 0.29) is 12.8 Å². The maximum atomic E-state index is 13.8. The Bertz CT molecular complexity index is 901. The zero-order valence-corrected chi connectivity index (χ0v) is 24.8. The van der Waals surface area contributed by atoms with E-state index in [0.717, 1.165) is 38.5 Å². The maximum absolute atomic E-state index is 13.8. The summed E-state index contributed by atoms with van der Waals surface area (Å²) in [4.78, 5) is 11.5. The molecule has 0 aromatic carbocycles. The molecule has 0 amide bonds. The first-order valence-electron chi connectivity index (χ1n) is 14.6. The van der Waals surface area contributed by atoms with Crippen LogP contribution in [0.5, 0.6) is 0 Å². The molecule has 19 heteroatoms. The molecule has 0 heterocycles. The van der Waals surface area contributed by atoms with Crippen molar-refractivity contribution >= 4 is 5.97 Å². The third-order valence-electron chi connectivity index (χ3n) is 7.19. The highest BCUT2D eigenvalue weighted by Gasteiger charge is 2.95. The van der Waals surface area contributed by atoms with Crippen molar-refractivity contribution in [2.45, 2.75) is 157 Å². The van der Waals surface area contributed by atoms with Crippen molar-refractivity contribution in [1.29, 1.82) is 0 Å². The minimum absolute atomic E-state index is 0.0955. The van der Waals surface area contributed by atoms with Gasteiger partial charge in [-0.1, -0.05) is 96.8 Å². The molecule has 0 N–H and O–H groups in total. The molecular weight excluding hydrogens is 679 g/mol. The van der Waals surface area contributed by atoms with Gasteiger partial charge in [0.2, 0.25) is 0 Å². The molecule has 0 rings (SSSR count). The fourth-order valence-electron chi connectivity index (χ4n) is 4.17. The van der Waals surface area contributed by atoms with E-state index < -0.39 is 66.6 Å². The molecule has 0 radical (unpaired) electrons. The molecule has 0 aromatic heterocycles. The lowest BCUT2D eigenvalue weighted by atomic mass is 9.89. The van der Waals surface area contributed by atoms with Crippen molar-refractivity contribution in [1.82, 2.24) is 0 Å². The number of unbranched alkanes of at least 4 members (excludes halogenated alkanes) is 14. The first-order valence-corrected chi connectivity index (χ1v) is 14.6. The zero-order chi connectivity index (χ0) is 36.3. The molecule has 2 nitrogen and oxygen atoms in total. The highest BCUT2D eigenvalue weighted by atomic mass is 19.4. The van der Waals surface area contributed by atoms with Gasteiger partial charge in [0.15, 0.2) is 6.61 Å². The van der Waals surface area contributed by atoms with Crippen molar-refractivity contribution in [3.8, 4) is 0 Å². The monoisotopic (exact) mass is 716 g/mol. The van der Waals surface area contributed by atoms with E-state index in [9.17, 15) is 79.4 Å². The lowest BCUT2D eigenvalue weighted by molar-refractivity contribution is -0.462. The van der Waals surface area contributed by atoms with Crippen molar-refractivity contribution < 1.29 is 84.2 Å². The summed E-state index contributed by atoms with van der Waals surface area (Å²) in [5, 5.41) is 0. The molecule has 0 atom stereocenters. The van der Waals surface area contributed by atoms with Gasteiger partial charge in [0.05, 0.1) is 0 Å². The number of esters is 1. The Hall–Kier alpha value is -1.72. The van der Waals surface area contributed by atoms with E-state index >= 15 is 0 Å². The SMILES string of the molecule is CCCCCCCCCCCCCCCCCC(=O)OCC(F)(F)C(F)(F)C(F)(F)C(F)(F)C(F)(F)C(F)(F)C(F)(F)C(F)(F)F. The molecule has 0 saturated carbocycles. The van der Waals surface area contributed by atoms with Crippen LogP contribution in [0.2, 0.25) is 0 Å². The molecule has 0 bridgehead atoms. The maximum Gasteiger partial charge on any atom is 0.460 e. The number of rotatable bonds is 24. The molecule has 0 aliphatic carbocycles. The van der Waals surface area contributed by atoms with E-state index in [0.29, 0.717) is 12.8 Å². The molecular formula is C27H37F17O2. The summed E-state index contributed by atoms with van der Waals surface area (Å²) in [6, 6.07) is 0. The molecule has 0 aliphatic heterocycles. The van der Waals surface area contributed by atoms with Gasteiger partial charge in [-0.15, -0.1) is 0 Å². The van der Waals surface area contributed by atoms with Crippen LogP contribution in [-0.2, 0) is 9.53 Å². The van der Waals surface area contributed by atoms with Gasteiger partial charge in [-0.05, 0) is 6.42 Å². The van der Waals surface area contributed by atoms with E-state index in [1.54, 1.807) is 0 Å². The van der Waals surface area contributed by atoms with Gasteiger partial charge >= 0.3 is 53.6 Å². The highest BCUT2D eigenvalue weighted by Crippen LogP contribution is 2.63. The Labute approximate surface area is 254 Å². The topological polar surface area (TPSA) is 26.3 Å². The van der Waals surface area contributed by atoms with E-state index in [2.05, 4.69) is 11.7 Å². The standard InChI is InChI=1S/C27H37F17O2/c1-2-3-4-5-6-7-8-9-10-11-12-13-14-15-16-17-19(45)46-18-20(28,29)21(30,31)22(32,33)23(34,35)24(36,37)25(38,39)26(40,41)27(42,43)44/h2-18H2,1H3. The Kier molecular flexibility index (Phi) is 16.5. The van der Waals surface area contributed by atoms with Crippen LogP contribution in [0.4, 0.5) is 74.6 Å². The summed E-state index contributed by atoms with van der Waals surface area (Å²) in [7, 11) is 0. The average Bonchev–Trinajstić information content (AvgIpc) is 2.92. The molecule has 0 aliphatic rings. The van der Waals surface area contributed by atoms with Crippen LogP contribution in [0, 0.1) is 0 Å². The predicted molar refractivity (Wildman–Crippen MR) is 131 cm³/mol. The van der Waals surface area contributed by atoms with Crippen molar-refractivity contribution in [3.63, 3.8) is 0 Å². The van der Waals surface area contributed by atoms with E-state index in [4.69, 9.17) is 0 Å². The van der Waals surface area contributed by atoms with Gasteiger partial charge in [0.1, 0.15) is 0 Å². The molecule has 0 spiro atoms. The van der Waals surface area contributed by atoms with Crippen LogP contribution in [0.15, 0.2) is 0 Å². The second-order valence-corrected chi connectivity index (χ2v) is 11.0. The first kappa shape index (κ1) is 44.3. The second-order valence-electron chi connectivity index (χ2n) is 11.0. The minimum Gasteiger partial charge on any atom is -0.459 e. The average molecular weight is 717 g/mol. The molecule has 276 valence electrons. The summed E-state index contributed by atoms with van der Waals surface area (Å²) >= 11 is 0. The summed E-state index contributed by atoms with van der Waals surface area (Å²) < 4.78 is 229. The van der Waals surface area contributed by atoms with Gasteiger partial charge in [-0.2, -0.15) is 74.6 Å². The third-order valence-corrected chi connectivity index (χ3v) is 7.19. The first-order chi connectivity index (χ1) is 20.7. The molecule has 0 unspecified atom stereocenters. The van der Waals surface area contributed by atoms with Crippen molar-refractivity contribution in [2.24, 2.45) is 0 Å². The second kappa shape index (κ2) is 17.1. The minimum atomic E-state index is -8.69. The fourth-order valence-corrected chi connectivity index (χ4v) is 4.17. The van der Waals surface area contributed by atoms with Gasteiger partial charge < -0.3 is 4.74 Å². The number of carbonyl (C=O) groups is 1. The van der Waals surface area contributed by atoms with Gasteiger partial charge in [0, 0.05) is 6.42 Å². The fraction of sp³-hybridized carbons (Fsp3) is 0.963. The number of alkyl halides is 17. The van der Waals surface area contributed by atoms with Crippen LogP contribution in [0.3, 0.4) is 0 Å². The molecule has 46 heavy (non-hydrogen) atoms. The van der Waals surface area contributed by atoms with Crippen LogP contribution in [0.25, 0.3) is 0 Å². The lowest BCUT2D eigenvalue weighted by Gasteiger charge is -2.42. The van der Waals surface area contributed by atoms with Gasteiger partial charge in [0.25, 0.3) is 0 Å². The van der Waals surface area contributed by atoms with E-state index in [1.807, 2.05) is 0 Å². The van der Waals surface area contributed by atoms with Crippen LogP contribution < -0.4 is 0 Å². The smallest absolute Gasteiger partial charge is 0.459 e. The Morgan fingerprint density at radius 2 is 0.696 bits per heavy atom. The van der Waals surface area contributed by atoms with Crippen LogP contribution >= 0.6 is 0 Å². The Morgan fingerprint density at radius 1 is 0.413 bits per heavy atom. The molecule has 0 saturated heterocycles. The summed E-state index contributed by atoms with van der Waals surface area (Å²) in [6.07, 6.45) is 4.95. The van der Waals surface area contributed by atoms with Crippen molar-refractivity contribution in [2.75, 3.05) is 6.61 Å². The number of hydrogen-bond donors (Lipinski definition) is 0. The summed E-state index contributed by atoms with van der Waals surface area (Å²) in [5.41, 5.74) is 0.